The SMILES string of the molecule is CNC(=O)CCNC1CCCC1C. The maximum Gasteiger partial charge on any atom is 0.221 e. The second kappa shape index (κ2) is 5.22. The molecule has 0 spiro atoms. The zero-order valence-electron chi connectivity index (χ0n) is 8.60. The summed E-state index contributed by atoms with van der Waals surface area (Å²) in [6, 6.07) is 0.643. The molecule has 1 rings (SSSR count). The Morgan fingerprint density at radius 1 is 1.46 bits per heavy atom. The summed E-state index contributed by atoms with van der Waals surface area (Å²) in [4.78, 5) is 10.9. The van der Waals surface area contributed by atoms with Crippen molar-refractivity contribution in [2.75, 3.05) is 13.6 Å². The summed E-state index contributed by atoms with van der Waals surface area (Å²) in [6.45, 7) is 3.10. The lowest BCUT2D eigenvalue weighted by Crippen LogP contribution is -2.34. The molecule has 0 aromatic heterocycles. The lowest BCUT2D eigenvalue weighted by atomic mass is 10.1. The maximum absolute atomic E-state index is 10.9. The summed E-state index contributed by atoms with van der Waals surface area (Å²) in [5.41, 5.74) is 0. The number of rotatable bonds is 4. The lowest BCUT2D eigenvalue weighted by molar-refractivity contribution is -0.120. The fourth-order valence-electron chi connectivity index (χ4n) is 1.94. The molecule has 2 atom stereocenters. The van der Waals surface area contributed by atoms with Crippen LogP contribution in [0.15, 0.2) is 0 Å². The Bertz CT molecular complexity index is 170. The van der Waals surface area contributed by atoms with Gasteiger partial charge < -0.3 is 10.6 Å². The van der Waals surface area contributed by atoms with E-state index in [4.69, 9.17) is 0 Å². The van der Waals surface area contributed by atoms with Crippen LogP contribution in [0.3, 0.4) is 0 Å². The van der Waals surface area contributed by atoms with Crippen LogP contribution in [0.25, 0.3) is 0 Å². The minimum absolute atomic E-state index is 0.123. The van der Waals surface area contributed by atoms with Gasteiger partial charge in [0.15, 0.2) is 0 Å². The molecule has 1 amide bonds. The third-order valence-corrected chi connectivity index (χ3v) is 2.90. The van der Waals surface area contributed by atoms with E-state index in [1.165, 1.54) is 19.3 Å². The Kier molecular flexibility index (Phi) is 4.22. The van der Waals surface area contributed by atoms with Crippen molar-refractivity contribution in [2.24, 2.45) is 5.92 Å². The highest BCUT2D eigenvalue weighted by Gasteiger charge is 2.22. The molecule has 2 unspecified atom stereocenters. The highest BCUT2D eigenvalue weighted by molar-refractivity contribution is 5.75. The molecule has 3 heteroatoms. The van der Waals surface area contributed by atoms with Gasteiger partial charge in [-0.05, 0) is 18.8 Å². The van der Waals surface area contributed by atoms with E-state index in [9.17, 15) is 4.79 Å². The summed E-state index contributed by atoms with van der Waals surface area (Å²) >= 11 is 0. The summed E-state index contributed by atoms with van der Waals surface area (Å²) < 4.78 is 0. The van der Waals surface area contributed by atoms with Gasteiger partial charge in [-0.3, -0.25) is 4.79 Å². The average Bonchev–Trinajstić information content (AvgIpc) is 2.52. The molecular weight excluding hydrogens is 164 g/mol. The van der Waals surface area contributed by atoms with Crippen LogP contribution in [-0.4, -0.2) is 25.5 Å². The van der Waals surface area contributed by atoms with Gasteiger partial charge in [0.05, 0.1) is 0 Å². The molecule has 0 bridgehead atoms. The molecule has 0 aromatic carbocycles. The first-order chi connectivity index (χ1) is 6.24. The molecule has 1 fully saturated rings. The van der Waals surface area contributed by atoms with Crippen LogP contribution in [-0.2, 0) is 4.79 Å². The van der Waals surface area contributed by atoms with E-state index >= 15 is 0 Å². The molecule has 3 nitrogen and oxygen atoms in total. The van der Waals surface area contributed by atoms with Crippen molar-refractivity contribution in [1.29, 1.82) is 0 Å². The van der Waals surface area contributed by atoms with Crippen molar-refractivity contribution in [1.82, 2.24) is 10.6 Å². The van der Waals surface area contributed by atoms with Crippen LogP contribution in [0.5, 0.6) is 0 Å². The van der Waals surface area contributed by atoms with E-state index in [-0.39, 0.29) is 5.91 Å². The van der Waals surface area contributed by atoms with Crippen LogP contribution in [0.4, 0.5) is 0 Å². The second-order valence-corrected chi connectivity index (χ2v) is 3.89. The van der Waals surface area contributed by atoms with Crippen molar-refractivity contribution in [2.45, 2.75) is 38.6 Å². The van der Waals surface area contributed by atoms with Gasteiger partial charge >= 0.3 is 0 Å². The third kappa shape index (κ3) is 3.35. The molecule has 13 heavy (non-hydrogen) atoms. The minimum atomic E-state index is 0.123. The largest absolute Gasteiger partial charge is 0.359 e. The maximum atomic E-state index is 10.9. The van der Waals surface area contributed by atoms with Gasteiger partial charge in [0.2, 0.25) is 5.91 Å². The van der Waals surface area contributed by atoms with Gasteiger partial charge in [-0.2, -0.15) is 0 Å². The van der Waals surface area contributed by atoms with Crippen molar-refractivity contribution in [3.05, 3.63) is 0 Å². The van der Waals surface area contributed by atoms with Crippen molar-refractivity contribution in [3.63, 3.8) is 0 Å². The topological polar surface area (TPSA) is 41.1 Å². The first kappa shape index (κ1) is 10.5. The Hall–Kier alpha value is -0.570. The van der Waals surface area contributed by atoms with Crippen LogP contribution in [0.2, 0.25) is 0 Å². The van der Waals surface area contributed by atoms with Gasteiger partial charge in [-0.1, -0.05) is 13.3 Å². The van der Waals surface area contributed by atoms with Crippen LogP contribution < -0.4 is 10.6 Å². The molecular formula is C10H20N2O. The zero-order chi connectivity index (χ0) is 9.68. The van der Waals surface area contributed by atoms with Crippen LogP contribution in [0, 0.1) is 5.92 Å². The van der Waals surface area contributed by atoms with E-state index in [0.29, 0.717) is 12.5 Å². The predicted octanol–water partition coefficient (Wildman–Crippen LogP) is 0.901. The van der Waals surface area contributed by atoms with E-state index in [1.54, 1.807) is 7.05 Å². The first-order valence-corrected chi connectivity index (χ1v) is 5.18. The quantitative estimate of drug-likeness (QED) is 0.681. The molecule has 0 saturated heterocycles. The molecule has 0 heterocycles. The Morgan fingerprint density at radius 2 is 2.23 bits per heavy atom. The highest BCUT2D eigenvalue weighted by Crippen LogP contribution is 2.24. The fourth-order valence-corrected chi connectivity index (χ4v) is 1.94. The van der Waals surface area contributed by atoms with Gasteiger partial charge in [0, 0.05) is 26.1 Å². The average molecular weight is 184 g/mol. The van der Waals surface area contributed by atoms with Gasteiger partial charge in [0.25, 0.3) is 0 Å². The van der Waals surface area contributed by atoms with Crippen molar-refractivity contribution in [3.8, 4) is 0 Å². The molecule has 0 aliphatic heterocycles. The third-order valence-electron chi connectivity index (χ3n) is 2.90. The van der Waals surface area contributed by atoms with Gasteiger partial charge in [-0.25, -0.2) is 0 Å². The smallest absolute Gasteiger partial charge is 0.221 e. The molecule has 0 aromatic rings. The summed E-state index contributed by atoms with van der Waals surface area (Å²) in [5.74, 6) is 0.905. The monoisotopic (exact) mass is 184 g/mol. The summed E-state index contributed by atoms with van der Waals surface area (Å²) in [7, 11) is 1.68. The van der Waals surface area contributed by atoms with E-state index in [0.717, 1.165) is 12.5 Å². The Labute approximate surface area is 80.3 Å². The first-order valence-electron chi connectivity index (χ1n) is 5.18. The Morgan fingerprint density at radius 3 is 2.77 bits per heavy atom. The number of hydrogen-bond donors (Lipinski definition) is 2. The number of amides is 1. The van der Waals surface area contributed by atoms with Crippen molar-refractivity contribution >= 4 is 5.91 Å². The molecule has 1 saturated carbocycles. The van der Waals surface area contributed by atoms with Crippen LogP contribution in [0.1, 0.15) is 32.6 Å². The molecule has 1 aliphatic rings. The lowest BCUT2D eigenvalue weighted by Gasteiger charge is -2.16. The molecule has 0 radical (unpaired) electrons. The number of carbonyl (C=O) groups is 1. The molecule has 76 valence electrons. The highest BCUT2D eigenvalue weighted by atomic mass is 16.1. The molecule has 2 N–H and O–H groups in total. The summed E-state index contributed by atoms with van der Waals surface area (Å²) in [6.07, 6.45) is 4.53. The summed E-state index contributed by atoms with van der Waals surface area (Å²) in [5, 5.41) is 6.06. The Balaban J connectivity index is 2.08. The standard InChI is InChI=1S/C10H20N2O/c1-8-4-3-5-9(8)12-7-6-10(13)11-2/h8-9,12H,3-7H2,1-2H3,(H,11,13). The van der Waals surface area contributed by atoms with Gasteiger partial charge in [0.1, 0.15) is 0 Å². The zero-order valence-corrected chi connectivity index (χ0v) is 8.60. The van der Waals surface area contributed by atoms with Crippen LogP contribution >= 0.6 is 0 Å². The van der Waals surface area contributed by atoms with Crippen molar-refractivity contribution < 1.29 is 4.79 Å². The number of carbonyl (C=O) groups excluding carboxylic acids is 1. The minimum Gasteiger partial charge on any atom is -0.359 e. The number of nitrogens with one attached hydrogen (secondary N) is 2. The number of hydrogen-bond acceptors (Lipinski definition) is 2. The fraction of sp³-hybridized carbons (Fsp3) is 0.900. The van der Waals surface area contributed by atoms with E-state index < -0.39 is 0 Å². The van der Waals surface area contributed by atoms with Gasteiger partial charge in [-0.15, -0.1) is 0 Å². The predicted molar refractivity (Wildman–Crippen MR) is 53.5 cm³/mol. The molecule has 1 aliphatic carbocycles. The second-order valence-electron chi connectivity index (χ2n) is 3.89. The van der Waals surface area contributed by atoms with E-state index in [2.05, 4.69) is 17.6 Å². The van der Waals surface area contributed by atoms with E-state index in [1.807, 2.05) is 0 Å². The normalized spacial score (nSPS) is 27.5.